The van der Waals surface area contributed by atoms with Gasteiger partial charge in [0, 0.05) is 4.92 Å². The Hall–Kier alpha value is -0.770. The van der Waals surface area contributed by atoms with E-state index in [0.717, 1.165) is 0 Å². The number of nitrogens with zero attached hydrogens (tertiary/aromatic N) is 1. The first-order valence-corrected chi connectivity index (χ1v) is 3.70. The van der Waals surface area contributed by atoms with Crippen LogP contribution in [0.3, 0.4) is 0 Å². The summed E-state index contributed by atoms with van der Waals surface area (Å²) in [6, 6.07) is 0. The third-order valence-electron chi connectivity index (χ3n) is 1.41. The van der Waals surface area contributed by atoms with Gasteiger partial charge in [0.1, 0.15) is 0 Å². The predicted octanol–water partition coefficient (Wildman–Crippen LogP) is 1.80. The van der Waals surface area contributed by atoms with Gasteiger partial charge < -0.3 is 0 Å². The molecular formula is C6H7NO2S. The molecule has 0 aromatic rings. The summed E-state index contributed by atoms with van der Waals surface area (Å²) in [6.45, 7) is 3.43. The largest absolute Gasteiger partial charge is 0.292 e. The molecular weight excluding hydrogens is 150 g/mol. The van der Waals surface area contributed by atoms with Crippen molar-refractivity contribution in [3.8, 4) is 0 Å². The quantitative estimate of drug-likeness (QED) is 0.348. The zero-order chi connectivity index (χ0) is 7.61. The fourth-order valence-electron chi connectivity index (χ4n) is 0.755. The second kappa shape index (κ2) is 2.46. The van der Waals surface area contributed by atoms with E-state index >= 15 is 0 Å². The molecule has 0 bridgehead atoms. The summed E-state index contributed by atoms with van der Waals surface area (Å²) in [5.74, 6) is 0. The first kappa shape index (κ1) is 7.34. The van der Waals surface area contributed by atoms with Crippen LogP contribution >= 0.6 is 11.8 Å². The fraction of sp³-hybridized carbons (Fsp3) is 0.333. The molecule has 1 aliphatic rings. The summed E-state index contributed by atoms with van der Waals surface area (Å²) in [6.07, 6.45) is 3.63. The second-order valence-electron chi connectivity index (χ2n) is 2.00. The lowest BCUT2D eigenvalue weighted by atomic mass is 10.2. The standard InChI is InChI=1S/C6H7NO2S/c1-2-6(7(8)9)4-3-5-10-6/h2-3,5H,1,4H2. The summed E-state index contributed by atoms with van der Waals surface area (Å²) in [5, 5.41) is 12.2. The third-order valence-corrected chi connectivity index (χ3v) is 2.63. The van der Waals surface area contributed by atoms with Gasteiger partial charge in [0.25, 0.3) is 4.87 Å². The van der Waals surface area contributed by atoms with Crippen LogP contribution in [-0.2, 0) is 0 Å². The van der Waals surface area contributed by atoms with E-state index in [-0.39, 0.29) is 4.92 Å². The van der Waals surface area contributed by atoms with Gasteiger partial charge >= 0.3 is 0 Å². The summed E-state index contributed by atoms with van der Waals surface area (Å²) in [7, 11) is 0. The van der Waals surface area contributed by atoms with Crippen LogP contribution in [0.2, 0.25) is 0 Å². The van der Waals surface area contributed by atoms with Crippen LogP contribution in [0.5, 0.6) is 0 Å². The van der Waals surface area contributed by atoms with Gasteiger partial charge in [-0.05, 0) is 23.2 Å². The van der Waals surface area contributed by atoms with E-state index in [1.54, 1.807) is 11.5 Å². The molecule has 4 heteroatoms. The van der Waals surface area contributed by atoms with E-state index < -0.39 is 4.87 Å². The Morgan fingerprint density at radius 1 is 1.90 bits per heavy atom. The summed E-state index contributed by atoms with van der Waals surface area (Å²) in [4.78, 5) is 9.15. The number of nitro groups is 1. The van der Waals surface area contributed by atoms with Crippen molar-refractivity contribution in [1.29, 1.82) is 0 Å². The Bertz CT molecular complexity index is 192. The lowest BCUT2D eigenvalue weighted by Gasteiger charge is -2.12. The van der Waals surface area contributed by atoms with Gasteiger partial charge in [-0.2, -0.15) is 0 Å². The minimum absolute atomic E-state index is 0.301. The SMILES string of the molecule is C=CC1([N+](=O)[O-])CC=CS1. The first-order valence-electron chi connectivity index (χ1n) is 2.82. The number of rotatable bonds is 2. The molecule has 0 radical (unpaired) electrons. The molecule has 0 saturated heterocycles. The highest BCUT2D eigenvalue weighted by Crippen LogP contribution is 2.37. The van der Waals surface area contributed by atoms with E-state index in [1.807, 2.05) is 0 Å². The number of thioether (sulfide) groups is 1. The lowest BCUT2D eigenvalue weighted by molar-refractivity contribution is -0.522. The zero-order valence-corrected chi connectivity index (χ0v) is 6.13. The van der Waals surface area contributed by atoms with Gasteiger partial charge in [0.2, 0.25) is 0 Å². The van der Waals surface area contributed by atoms with Crippen LogP contribution in [0.25, 0.3) is 0 Å². The van der Waals surface area contributed by atoms with Crippen molar-refractivity contribution in [3.05, 3.63) is 34.3 Å². The number of hydrogen-bond acceptors (Lipinski definition) is 3. The Balaban J connectivity index is 2.80. The maximum atomic E-state index is 10.4. The highest BCUT2D eigenvalue weighted by atomic mass is 32.2. The molecule has 1 heterocycles. The third kappa shape index (κ3) is 0.945. The van der Waals surface area contributed by atoms with Gasteiger partial charge in [0.15, 0.2) is 0 Å². The number of hydrogen-bond donors (Lipinski definition) is 0. The van der Waals surface area contributed by atoms with E-state index in [1.165, 1.54) is 17.8 Å². The zero-order valence-electron chi connectivity index (χ0n) is 5.32. The van der Waals surface area contributed by atoms with Crippen LogP contribution in [-0.4, -0.2) is 9.79 Å². The average molecular weight is 157 g/mol. The molecule has 0 saturated carbocycles. The van der Waals surface area contributed by atoms with E-state index in [2.05, 4.69) is 6.58 Å². The second-order valence-corrected chi connectivity index (χ2v) is 3.21. The molecule has 10 heavy (non-hydrogen) atoms. The van der Waals surface area contributed by atoms with Crippen LogP contribution < -0.4 is 0 Å². The topological polar surface area (TPSA) is 43.1 Å². The molecule has 1 aliphatic heterocycles. The Morgan fingerprint density at radius 2 is 2.60 bits per heavy atom. The molecule has 0 aromatic carbocycles. The van der Waals surface area contributed by atoms with Crippen LogP contribution in [0.4, 0.5) is 0 Å². The molecule has 3 nitrogen and oxygen atoms in total. The van der Waals surface area contributed by atoms with Gasteiger partial charge in [0.05, 0.1) is 6.42 Å². The van der Waals surface area contributed by atoms with Crippen molar-refractivity contribution in [1.82, 2.24) is 0 Å². The minimum Gasteiger partial charge on any atom is -0.263 e. The minimum atomic E-state index is -0.972. The normalized spacial score (nSPS) is 30.4. The van der Waals surface area contributed by atoms with Crippen molar-refractivity contribution in [2.75, 3.05) is 0 Å². The van der Waals surface area contributed by atoms with Gasteiger partial charge in [-0.25, -0.2) is 0 Å². The molecule has 1 atom stereocenters. The Morgan fingerprint density at radius 3 is 2.80 bits per heavy atom. The molecule has 0 N–H and O–H groups in total. The molecule has 0 aliphatic carbocycles. The van der Waals surface area contributed by atoms with Crippen LogP contribution in [0.15, 0.2) is 24.1 Å². The van der Waals surface area contributed by atoms with Crippen molar-refractivity contribution in [2.45, 2.75) is 11.3 Å². The fourth-order valence-corrected chi connectivity index (χ4v) is 1.56. The highest BCUT2D eigenvalue weighted by Gasteiger charge is 2.40. The Kier molecular flexibility index (Phi) is 1.80. The van der Waals surface area contributed by atoms with Gasteiger partial charge in [-0.1, -0.05) is 12.7 Å². The molecule has 1 unspecified atom stereocenters. The smallest absolute Gasteiger partial charge is 0.263 e. The molecule has 54 valence electrons. The van der Waals surface area contributed by atoms with E-state index in [4.69, 9.17) is 0 Å². The highest BCUT2D eigenvalue weighted by molar-refractivity contribution is 8.03. The van der Waals surface area contributed by atoms with Crippen molar-refractivity contribution < 1.29 is 4.92 Å². The lowest BCUT2D eigenvalue weighted by Crippen LogP contribution is -2.28. The first-order chi connectivity index (χ1) is 4.71. The van der Waals surface area contributed by atoms with Crippen LogP contribution in [0.1, 0.15) is 6.42 Å². The van der Waals surface area contributed by atoms with Gasteiger partial charge in [-0.15, -0.1) is 0 Å². The summed E-state index contributed by atoms with van der Waals surface area (Å²) < 4.78 is 0. The summed E-state index contributed by atoms with van der Waals surface area (Å²) in [5.41, 5.74) is 0. The maximum Gasteiger partial charge on any atom is 0.292 e. The monoisotopic (exact) mass is 157 g/mol. The Labute approximate surface area is 63.0 Å². The maximum absolute atomic E-state index is 10.4. The molecule has 1 rings (SSSR count). The van der Waals surface area contributed by atoms with Gasteiger partial charge in [-0.3, -0.25) is 10.1 Å². The van der Waals surface area contributed by atoms with Crippen molar-refractivity contribution in [3.63, 3.8) is 0 Å². The van der Waals surface area contributed by atoms with Crippen molar-refractivity contribution >= 4 is 11.8 Å². The molecule has 0 aromatic heterocycles. The molecule has 0 spiro atoms. The predicted molar refractivity (Wildman–Crippen MR) is 41.3 cm³/mol. The van der Waals surface area contributed by atoms with Crippen LogP contribution in [0, 0.1) is 10.1 Å². The van der Waals surface area contributed by atoms with Crippen molar-refractivity contribution in [2.24, 2.45) is 0 Å². The summed E-state index contributed by atoms with van der Waals surface area (Å²) >= 11 is 1.20. The van der Waals surface area contributed by atoms with E-state index in [9.17, 15) is 10.1 Å². The molecule has 0 fully saturated rings. The average Bonchev–Trinajstić information content (AvgIpc) is 2.35. The molecule has 0 amide bonds. The van der Waals surface area contributed by atoms with E-state index in [0.29, 0.717) is 6.42 Å².